The SMILES string of the molecule is N#Cc1ccccc1NCN1CCNCC1. The summed E-state index contributed by atoms with van der Waals surface area (Å²) in [5.74, 6) is 0. The van der Waals surface area contributed by atoms with Crippen LogP contribution in [0.5, 0.6) is 0 Å². The number of benzene rings is 1. The van der Waals surface area contributed by atoms with Crippen LogP contribution in [-0.4, -0.2) is 37.7 Å². The molecule has 1 aliphatic heterocycles. The van der Waals surface area contributed by atoms with Crippen molar-refractivity contribution in [2.45, 2.75) is 0 Å². The van der Waals surface area contributed by atoms with Crippen molar-refractivity contribution < 1.29 is 0 Å². The molecule has 0 bridgehead atoms. The Balaban J connectivity index is 1.91. The highest BCUT2D eigenvalue weighted by molar-refractivity contribution is 5.56. The minimum Gasteiger partial charge on any atom is -0.371 e. The third-order valence-electron chi connectivity index (χ3n) is 2.75. The fourth-order valence-corrected chi connectivity index (χ4v) is 1.80. The van der Waals surface area contributed by atoms with Crippen molar-refractivity contribution in [2.24, 2.45) is 0 Å². The van der Waals surface area contributed by atoms with Crippen LogP contribution in [0.2, 0.25) is 0 Å². The Hall–Kier alpha value is -1.57. The van der Waals surface area contributed by atoms with Gasteiger partial charge in [-0.2, -0.15) is 5.26 Å². The van der Waals surface area contributed by atoms with Gasteiger partial charge in [-0.25, -0.2) is 0 Å². The van der Waals surface area contributed by atoms with E-state index in [1.807, 2.05) is 24.3 Å². The Morgan fingerprint density at radius 1 is 1.31 bits per heavy atom. The first-order valence-electron chi connectivity index (χ1n) is 5.56. The molecule has 16 heavy (non-hydrogen) atoms. The summed E-state index contributed by atoms with van der Waals surface area (Å²) in [6.45, 7) is 5.01. The standard InChI is InChI=1S/C12H16N4/c13-9-11-3-1-2-4-12(11)15-10-16-7-5-14-6-8-16/h1-4,14-15H,5-8,10H2. The number of anilines is 1. The number of nitrogens with one attached hydrogen (secondary N) is 2. The van der Waals surface area contributed by atoms with Crippen molar-refractivity contribution in [3.63, 3.8) is 0 Å². The van der Waals surface area contributed by atoms with E-state index in [1.165, 1.54) is 0 Å². The Morgan fingerprint density at radius 3 is 2.81 bits per heavy atom. The summed E-state index contributed by atoms with van der Waals surface area (Å²) in [5.41, 5.74) is 1.63. The lowest BCUT2D eigenvalue weighted by atomic mass is 10.2. The first-order valence-corrected chi connectivity index (χ1v) is 5.56. The second-order valence-corrected chi connectivity index (χ2v) is 3.86. The number of piperazine rings is 1. The van der Waals surface area contributed by atoms with Gasteiger partial charge >= 0.3 is 0 Å². The third-order valence-corrected chi connectivity index (χ3v) is 2.75. The van der Waals surface area contributed by atoms with Gasteiger partial charge in [-0.1, -0.05) is 12.1 Å². The van der Waals surface area contributed by atoms with E-state index in [4.69, 9.17) is 5.26 Å². The van der Waals surface area contributed by atoms with E-state index >= 15 is 0 Å². The molecule has 0 saturated carbocycles. The Kier molecular flexibility index (Phi) is 3.76. The molecule has 0 unspecified atom stereocenters. The molecule has 2 rings (SSSR count). The largest absolute Gasteiger partial charge is 0.371 e. The molecular weight excluding hydrogens is 200 g/mol. The number of nitriles is 1. The lowest BCUT2D eigenvalue weighted by Gasteiger charge is -2.27. The van der Waals surface area contributed by atoms with Gasteiger partial charge in [-0.05, 0) is 12.1 Å². The zero-order chi connectivity index (χ0) is 11.2. The van der Waals surface area contributed by atoms with E-state index in [9.17, 15) is 0 Å². The fraction of sp³-hybridized carbons (Fsp3) is 0.417. The summed E-state index contributed by atoms with van der Waals surface area (Å²) < 4.78 is 0. The summed E-state index contributed by atoms with van der Waals surface area (Å²) in [7, 11) is 0. The lowest BCUT2D eigenvalue weighted by Crippen LogP contribution is -2.45. The van der Waals surface area contributed by atoms with Crippen LogP contribution in [0.25, 0.3) is 0 Å². The van der Waals surface area contributed by atoms with Crippen molar-refractivity contribution in [1.82, 2.24) is 10.2 Å². The summed E-state index contributed by atoms with van der Waals surface area (Å²) in [6.07, 6.45) is 0. The minimum atomic E-state index is 0.706. The molecule has 2 N–H and O–H groups in total. The van der Waals surface area contributed by atoms with Gasteiger partial charge in [-0.15, -0.1) is 0 Å². The molecule has 1 aromatic rings. The molecule has 1 fully saturated rings. The maximum absolute atomic E-state index is 8.94. The summed E-state index contributed by atoms with van der Waals surface area (Å²) in [6, 6.07) is 9.80. The van der Waals surface area contributed by atoms with E-state index in [-0.39, 0.29) is 0 Å². The molecule has 84 valence electrons. The Labute approximate surface area is 95.9 Å². The van der Waals surface area contributed by atoms with E-state index in [1.54, 1.807) is 0 Å². The number of nitrogens with zero attached hydrogens (tertiary/aromatic N) is 2. The molecule has 0 amide bonds. The molecular formula is C12H16N4. The van der Waals surface area contributed by atoms with E-state index in [0.717, 1.165) is 38.5 Å². The highest BCUT2D eigenvalue weighted by atomic mass is 15.3. The van der Waals surface area contributed by atoms with Crippen LogP contribution in [0.3, 0.4) is 0 Å². The summed E-state index contributed by atoms with van der Waals surface area (Å²) >= 11 is 0. The normalized spacial score (nSPS) is 16.7. The lowest BCUT2D eigenvalue weighted by molar-refractivity contribution is 0.256. The number of para-hydroxylation sites is 1. The second-order valence-electron chi connectivity index (χ2n) is 3.86. The van der Waals surface area contributed by atoms with Crippen LogP contribution in [0.4, 0.5) is 5.69 Å². The average Bonchev–Trinajstić information content (AvgIpc) is 2.38. The molecule has 0 atom stereocenters. The van der Waals surface area contributed by atoms with Gasteiger partial charge in [0.25, 0.3) is 0 Å². The highest BCUT2D eigenvalue weighted by Crippen LogP contribution is 2.13. The number of hydrogen-bond acceptors (Lipinski definition) is 4. The molecule has 0 spiro atoms. The van der Waals surface area contributed by atoms with Crippen LogP contribution in [-0.2, 0) is 0 Å². The fourth-order valence-electron chi connectivity index (χ4n) is 1.80. The van der Waals surface area contributed by atoms with E-state index in [0.29, 0.717) is 5.56 Å². The summed E-state index contributed by atoms with van der Waals surface area (Å²) in [4.78, 5) is 2.34. The Bertz CT molecular complexity index is 377. The quantitative estimate of drug-likeness (QED) is 0.786. The Morgan fingerprint density at radius 2 is 2.06 bits per heavy atom. The molecule has 1 heterocycles. The molecule has 1 aromatic carbocycles. The van der Waals surface area contributed by atoms with Crippen molar-refractivity contribution in [2.75, 3.05) is 38.2 Å². The van der Waals surface area contributed by atoms with Crippen molar-refractivity contribution in [1.29, 1.82) is 5.26 Å². The molecule has 0 aliphatic carbocycles. The average molecular weight is 216 g/mol. The van der Waals surface area contributed by atoms with E-state index < -0.39 is 0 Å². The van der Waals surface area contributed by atoms with Gasteiger partial charge in [0.2, 0.25) is 0 Å². The monoisotopic (exact) mass is 216 g/mol. The maximum Gasteiger partial charge on any atom is 0.101 e. The van der Waals surface area contributed by atoms with Gasteiger partial charge in [0, 0.05) is 26.2 Å². The zero-order valence-corrected chi connectivity index (χ0v) is 9.24. The van der Waals surface area contributed by atoms with Gasteiger partial charge < -0.3 is 10.6 Å². The maximum atomic E-state index is 8.94. The molecule has 4 heteroatoms. The van der Waals surface area contributed by atoms with Crippen LogP contribution < -0.4 is 10.6 Å². The highest BCUT2D eigenvalue weighted by Gasteiger charge is 2.09. The van der Waals surface area contributed by atoms with Crippen LogP contribution in [0.15, 0.2) is 24.3 Å². The molecule has 4 nitrogen and oxygen atoms in total. The molecule has 1 aliphatic rings. The third kappa shape index (κ3) is 2.72. The van der Waals surface area contributed by atoms with Crippen molar-refractivity contribution in [3.8, 4) is 6.07 Å². The molecule has 0 radical (unpaired) electrons. The van der Waals surface area contributed by atoms with Crippen LogP contribution in [0, 0.1) is 11.3 Å². The predicted molar refractivity (Wildman–Crippen MR) is 64.1 cm³/mol. The van der Waals surface area contributed by atoms with E-state index in [2.05, 4.69) is 21.6 Å². The smallest absolute Gasteiger partial charge is 0.101 e. The predicted octanol–water partition coefficient (Wildman–Crippen LogP) is 0.833. The first kappa shape index (κ1) is 10.9. The summed E-state index contributed by atoms with van der Waals surface area (Å²) in [5, 5.41) is 15.6. The van der Waals surface area contributed by atoms with Gasteiger partial charge in [0.15, 0.2) is 0 Å². The van der Waals surface area contributed by atoms with Crippen LogP contribution in [0.1, 0.15) is 5.56 Å². The number of rotatable bonds is 3. The van der Waals surface area contributed by atoms with Gasteiger partial charge in [0.05, 0.1) is 17.9 Å². The van der Waals surface area contributed by atoms with Gasteiger partial charge in [0.1, 0.15) is 6.07 Å². The molecule has 0 aromatic heterocycles. The van der Waals surface area contributed by atoms with Gasteiger partial charge in [-0.3, -0.25) is 4.90 Å². The minimum absolute atomic E-state index is 0.706. The van der Waals surface area contributed by atoms with Crippen molar-refractivity contribution >= 4 is 5.69 Å². The zero-order valence-electron chi connectivity index (χ0n) is 9.24. The van der Waals surface area contributed by atoms with Crippen LogP contribution >= 0.6 is 0 Å². The second kappa shape index (κ2) is 5.50. The van der Waals surface area contributed by atoms with Crippen molar-refractivity contribution in [3.05, 3.63) is 29.8 Å². The first-order chi connectivity index (χ1) is 7.90. The number of hydrogen-bond donors (Lipinski definition) is 2. The molecule has 1 saturated heterocycles. The topological polar surface area (TPSA) is 51.1 Å².